The topological polar surface area (TPSA) is 92.5 Å². The lowest BCUT2D eigenvalue weighted by atomic mass is 10.1. The molecule has 6 nitrogen and oxygen atoms in total. The second kappa shape index (κ2) is 6.34. The van der Waals surface area contributed by atoms with E-state index >= 15 is 0 Å². The Balaban J connectivity index is 2.86. The summed E-state index contributed by atoms with van der Waals surface area (Å²) in [5.41, 5.74) is 6.25. The predicted molar refractivity (Wildman–Crippen MR) is 78.8 cm³/mol. The van der Waals surface area contributed by atoms with Gasteiger partial charge in [0.2, 0.25) is 15.9 Å². The number of anilines is 1. The van der Waals surface area contributed by atoms with Crippen molar-refractivity contribution in [1.29, 1.82) is 0 Å². The highest BCUT2D eigenvalue weighted by atomic mass is 32.2. The van der Waals surface area contributed by atoms with E-state index in [4.69, 9.17) is 5.73 Å². The molecule has 0 spiro atoms. The fourth-order valence-electron chi connectivity index (χ4n) is 1.45. The van der Waals surface area contributed by atoms with Crippen LogP contribution in [0.25, 0.3) is 0 Å². The van der Waals surface area contributed by atoms with Crippen LogP contribution in [0, 0.1) is 5.92 Å². The molecular weight excluding hydrogens is 278 g/mol. The minimum absolute atomic E-state index is 0.0309. The van der Waals surface area contributed by atoms with Gasteiger partial charge in [0.15, 0.2) is 0 Å². The van der Waals surface area contributed by atoms with Crippen LogP contribution in [0.5, 0.6) is 0 Å². The number of nitrogens with two attached hydrogens (primary N) is 1. The van der Waals surface area contributed by atoms with Crippen LogP contribution in [0.2, 0.25) is 0 Å². The third-order valence-electron chi connectivity index (χ3n) is 2.92. The first-order valence-corrected chi connectivity index (χ1v) is 7.69. The van der Waals surface area contributed by atoms with Crippen molar-refractivity contribution in [2.45, 2.75) is 24.8 Å². The van der Waals surface area contributed by atoms with Gasteiger partial charge in [-0.05, 0) is 30.2 Å². The molecular formula is C13H21N3O3S. The molecule has 7 heteroatoms. The molecule has 0 heterocycles. The Kier molecular flexibility index (Phi) is 5.27. The van der Waals surface area contributed by atoms with E-state index in [1.165, 1.54) is 26.2 Å². The average Bonchev–Trinajstić information content (AvgIpc) is 2.38. The summed E-state index contributed by atoms with van der Waals surface area (Å²) in [5.74, 6) is -0.258. The minimum Gasteiger partial charge on any atom is -0.325 e. The molecule has 20 heavy (non-hydrogen) atoms. The minimum atomic E-state index is -3.46. The van der Waals surface area contributed by atoms with E-state index in [1.54, 1.807) is 12.1 Å². The number of hydrogen-bond donors (Lipinski definition) is 2. The Morgan fingerprint density at radius 3 is 2.10 bits per heavy atom. The van der Waals surface area contributed by atoms with Gasteiger partial charge in [-0.1, -0.05) is 13.8 Å². The van der Waals surface area contributed by atoms with Crippen LogP contribution in [0.15, 0.2) is 29.2 Å². The van der Waals surface area contributed by atoms with Crippen molar-refractivity contribution in [3.05, 3.63) is 24.3 Å². The molecule has 0 aromatic heterocycles. The molecule has 3 N–H and O–H groups in total. The SMILES string of the molecule is CC(C)C(N)C(=O)Nc1ccc(S(=O)(=O)N(C)C)cc1. The van der Waals surface area contributed by atoms with E-state index in [-0.39, 0.29) is 16.7 Å². The molecule has 1 atom stereocenters. The molecule has 0 saturated heterocycles. The van der Waals surface area contributed by atoms with Gasteiger partial charge in [-0.3, -0.25) is 4.79 Å². The summed E-state index contributed by atoms with van der Waals surface area (Å²) in [4.78, 5) is 12.0. The highest BCUT2D eigenvalue weighted by molar-refractivity contribution is 7.89. The lowest BCUT2D eigenvalue weighted by molar-refractivity contribution is -0.118. The summed E-state index contributed by atoms with van der Waals surface area (Å²) < 4.78 is 24.9. The summed E-state index contributed by atoms with van der Waals surface area (Å²) >= 11 is 0. The van der Waals surface area contributed by atoms with Crippen LogP contribution in [0.1, 0.15) is 13.8 Å². The van der Waals surface area contributed by atoms with Crippen LogP contribution in [-0.2, 0) is 14.8 Å². The Labute approximate surface area is 120 Å². The number of rotatable bonds is 5. The van der Waals surface area contributed by atoms with Gasteiger partial charge in [-0.25, -0.2) is 12.7 Å². The molecule has 1 rings (SSSR count). The number of nitrogens with one attached hydrogen (secondary N) is 1. The largest absolute Gasteiger partial charge is 0.325 e. The fourth-order valence-corrected chi connectivity index (χ4v) is 2.35. The number of nitrogens with zero attached hydrogens (tertiary/aromatic N) is 1. The first kappa shape index (κ1) is 16.6. The molecule has 0 fully saturated rings. The average molecular weight is 299 g/mol. The first-order chi connectivity index (χ1) is 9.16. The van der Waals surface area contributed by atoms with Gasteiger partial charge in [0.05, 0.1) is 10.9 Å². The van der Waals surface area contributed by atoms with Crippen molar-refractivity contribution in [2.24, 2.45) is 11.7 Å². The standard InChI is InChI=1S/C13H21N3O3S/c1-9(2)12(14)13(17)15-10-5-7-11(8-6-10)20(18,19)16(3)4/h5-9,12H,14H2,1-4H3,(H,15,17). The first-order valence-electron chi connectivity index (χ1n) is 6.25. The van der Waals surface area contributed by atoms with E-state index in [9.17, 15) is 13.2 Å². The van der Waals surface area contributed by atoms with Gasteiger partial charge in [0, 0.05) is 19.8 Å². The summed E-state index contributed by atoms with van der Waals surface area (Å²) in [6.07, 6.45) is 0. The number of carbonyl (C=O) groups excluding carboxylic acids is 1. The van der Waals surface area contributed by atoms with Crippen LogP contribution < -0.4 is 11.1 Å². The maximum Gasteiger partial charge on any atom is 0.242 e. The second-order valence-corrected chi connectivity index (χ2v) is 7.22. The zero-order chi connectivity index (χ0) is 15.5. The van der Waals surface area contributed by atoms with E-state index < -0.39 is 16.1 Å². The third kappa shape index (κ3) is 3.78. The van der Waals surface area contributed by atoms with Crippen molar-refractivity contribution >= 4 is 21.6 Å². The van der Waals surface area contributed by atoms with Crippen LogP contribution in [0.3, 0.4) is 0 Å². The molecule has 0 saturated carbocycles. The number of sulfonamides is 1. The highest BCUT2D eigenvalue weighted by Crippen LogP contribution is 2.17. The fraction of sp³-hybridized carbons (Fsp3) is 0.462. The van der Waals surface area contributed by atoms with E-state index in [1.807, 2.05) is 13.8 Å². The van der Waals surface area contributed by atoms with Gasteiger partial charge >= 0.3 is 0 Å². The van der Waals surface area contributed by atoms with Crippen LogP contribution in [0.4, 0.5) is 5.69 Å². The number of benzene rings is 1. The summed E-state index contributed by atoms with van der Waals surface area (Å²) in [6.45, 7) is 3.72. The molecule has 0 radical (unpaired) electrons. The zero-order valence-corrected chi connectivity index (χ0v) is 12.9. The Morgan fingerprint density at radius 1 is 1.20 bits per heavy atom. The van der Waals surface area contributed by atoms with Gasteiger partial charge in [-0.2, -0.15) is 0 Å². The maximum atomic E-state index is 11.9. The molecule has 1 aromatic carbocycles. The second-order valence-electron chi connectivity index (χ2n) is 5.07. The molecule has 1 amide bonds. The zero-order valence-electron chi connectivity index (χ0n) is 12.1. The van der Waals surface area contributed by atoms with Crippen LogP contribution in [-0.4, -0.2) is 38.8 Å². The lowest BCUT2D eigenvalue weighted by Gasteiger charge is -2.16. The molecule has 0 aliphatic heterocycles. The monoisotopic (exact) mass is 299 g/mol. The highest BCUT2D eigenvalue weighted by Gasteiger charge is 2.19. The van der Waals surface area contributed by atoms with Crippen molar-refractivity contribution in [1.82, 2.24) is 4.31 Å². The number of amides is 1. The number of hydrogen-bond acceptors (Lipinski definition) is 4. The van der Waals surface area contributed by atoms with Gasteiger partial charge < -0.3 is 11.1 Å². The normalized spacial score (nSPS) is 13.6. The summed E-state index contributed by atoms with van der Waals surface area (Å²) in [6, 6.07) is 5.39. The predicted octanol–water partition coefficient (Wildman–Crippen LogP) is 0.859. The lowest BCUT2D eigenvalue weighted by Crippen LogP contribution is -2.39. The Hall–Kier alpha value is -1.44. The molecule has 1 aromatic rings. The quantitative estimate of drug-likeness (QED) is 0.843. The van der Waals surface area contributed by atoms with E-state index in [0.717, 1.165) is 4.31 Å². The van der Waals surface area contributed by atoms with Crippen molar-refractivity contribution in [3.63, 3.8) is 0 Å². The van der Waals surface area contributed by atoms with Crippen molar-refractivity contribution < 1.29 is 13.2 Å². The van der Waals surface area contributed by atoms with E-state index in [0.29, 0.717) is 5.69 Å². The smallest absolute Gasteiger partial charge is 0.242 e. The Morgan fingerprint density at radius 2 is 1.70 bits per heavy atom. The van der Waals surface area contributed by atoms with Crippen molar-refractivity contribution in [3.8, 4) is 0 Å². The maximum absolute atomic E-state index is 11.9. The van der Waals surface area contributed by atoms with Gasteiger partial charge in [0.25, 0.3) is 0 Å². The van der Waals surface area contributed by atoms with Crippen LogP contribution >= 0.6 is 0 Å². The molecule has 1 unspecified atom stereocenters. The van der Waals surface area contributed by atoms with E-state index in [2.05, 4.69) is 5.32 Å². The third-order valence-corrected chi connectivity index (χ3v) is 4.75. The summed E-state index contributed by atoms with van der Waals surface area (Å²) in [7, 11) is -0.526. The summed E-state index contributed by atoms with van der Waals surface area (Å²) in [5, 5.41) is 2.66. The van der Waals surface area contributed by atoms with Crippen molar-refractivity contribution in [2.75, 3.05) is 19.4 Å². The molecule has 0 aliphatic rings. The van der Waals surface area contributed by atoms with Gasteiger partial charge in [-0.15, -0.1) is 0 Å². The number of carbonyl (C=O) groups is 1. The Bertz CT molecular complexity index is 565. The molecule has 0 bridgehead atoms. The molecule has 0 aliphatic carbocycles. The molecule has 112 valence electrons. The van der Waals surface area contributed by atoms with Gasteiger partial charge in [0.1, 0.15) is 0 Å².